The third-order valence-corrected chi connectivity index (χ3v) is 5.78. The lowest BCUT2D eigenvalue weighted by atomic mass is 10.0. The summed E-state index contributed by atoms with van der Waals surface area (Å²) in [6.45, 7) is 3.33. The van der Waals surface area contributed by atoms with Gasteiger partial charge in [0.25, 0.3) is 5.91 Å². The van der Waals surface area contributed by atoms with Gasteiger partial charge in [-0.05, 0) is 37.3 Å². The Morgan fingerprint density at radius 1 is 1.16 bits per heavy atom. The van der Waals surface area contributed by atoms with Gasteiger partial charge in [0.15, 0.2) is 6.04 Å². The predicted molar refractivity (Wildman–Crippen MR) is 117 cm³/mol. The van der Waals surface area contributed by atoms with Crippen LogP contribution in [-0.2, 0) is 0 Å². The molecule has 31 heavy (non-hydrogen) atoms. The van der Waals surface area contributed by atoms with Crippen molar-refractivity contribution in [2.75, 3.05) is 26.7 Å². The molecule has 1 aliphatic rings. The summed E-state index contributed by atoms with van der Waals surface area (Å²) in [7, 11) is 1.59. The summed E-state index contributed by atoms with van der Waals surface area (Å²) < 4.78 is 5.23. The minimum Gasteiger partial charge on any atom is -0.497 e. The molecule has 0 saturated carbocycles. The monoisotopic (exact) mass is 416 g/mol. The Bertz CT molecular complexity index is 1150. The lowest BCUT2D eigenvalue weighted by Crippen LogP contribution is -2.58. The minimum absolute atomic E-state index is 0.0310. The van der Waals surface area contributed by atoms with Crippen LogP contribution in [0.2, 0.25) is 0 Å². The Morgan fingerprint density at radius 3 is 2.61 bits per heavy atom. The number of carbonyl (C=O) groups excluding carboxylic acids is 2. The zero-order valence-electron chi connectivity index (χ0n) is 17.5. The SMILES string of the molecule is COc1ccc2cc(C(=O)C(C#N)N3CCN(C(=O)c4ccccc4)CC3C)[nH]c2c1. The molecule has 1 amide bonds. The fraction of sp³-hybridized carbons (Fsp3) is 0.292. The number of amides is 1. The number of hydrogen-bond acceptors (Lipinski definition) is 5. The molecule has 1 saturated heterocycles. The number of aromatic amines is 1. The molecule has 2 atom stereocenters. The number of fused-ring (bicyclic) bond motifs is 1. The van der Waals surface area contributed by atoms with Gasteiger partial charge in [0.1, 0.15) is 5.75 Å². The summed E-state index contributed by atoms with van der Waals surface area (Å²) in [6, 6.07) is 17.6. The van der Waals surface area contributed by atoms with Crippen LogP contribution in [0, 0.1) is 11.3 Å². The number of carbonyl (C=O) groups is 2. The Labute approximate surface area is 180 Å². The number of benzene rings is 2. The van der Waals surface area contributed by atoms with Crippen molar-refractivity contribution in [3.8, 4) is 11.8 Å². The maximum absolute atomic E-state index is 13.2. The van der Waals surface area contributed by atoms with E-state index in [2.05, 4.69) is 11.1 Å². The van der Waals surface area contributed by atoms with Crippen molar-refractivity contribution in [2.45, 2.75) is 19.0 Å². The summed E-state index contributed by atoms with van der Waals surface area (Å²) in [4.78, 5) is 32.7. The van der Waals surface area contributed by atoms with Crippen molar-refractivity contribution < 1.29 is 14.3 Å². The molecule has 1 fully saturated rings. The van der Waals surface area contributed by atoms with Gasteiger partial charge in [-0.15, -0.1) is 0 Å². The van der Waals surface area contributed by atoms with Crippen molar-refractivity contribution in [3.63, 3.8) is 0 Å². The molecule has 0 radical (unpaired) electrons. The van der Waals surface area contributed by atoms with Crippen LogP contribution in [0.4, 0.5) is 0 Å². The van der Waals surface area contributed by atoms with Gasteiger partial charge in [0.2, 0.25) is 5.78 Å². The van der Waals surface area contributed by atoms with E-state index in [1.165, 1.54) is 0 Å². The molecule has 4 rings (SSSR count). The molecule has 2 aromatic carbocycles. The number of aromatic nitrogens is 1. The van der Waals surface area contributed by atoms with Gasteiger partial charge in [-0.1, -0.05) is 18.2 Å². The Kier molecular flexibility index (Phi) is 5.74. The number of nitrogens with zero attached hydrogens (tertiary/aromatic N) is 3. The van der Waals surface area contributed by atoms with Crippen molar-refractivity contribution >= 4 is 22.6 Å². The third kappa shape index (κ3) is 4.03. The molecule has 2 unspecified atom stereocenters. The highest BCUT2D eigenvalue weighted by molar-refractivity contribution is 6.04. The molecule has 0 bridgehead atoms. The molecule has 1 N–H and O–H groups in total. The second-order valence-electron chi connectivity index (χ2n) is 7.74. The number of hydrogen-bond donors (Lipinski definition) is 1. The summed E-state index contributed by atoms with van der Waals surface area (Å²) in [5, 5.41) is 10.7. The first-order valence-electron chi connectivity index (χ1n) is 10.2. The van der Waals surface area contributed by atoms with E-state index < -0.39 is 6.04 Å². The van der Waals surface area contributed by atoms with Gasteiger partial charge < -0.3 is 14.6 Å². The first kappa shape index (κ1) is 20.6. The van der Waals surface area contributed by atoms with Crippen LogP contribution in [0.5, 0.6) is 5.75 Å². The number of methoxy groups -OCH3 is 1. The maximum Gasteiger partial charge on any atom is 0.253 e. The standard InChI is InChI=1S/C24H24N4O3/c1-16-15-27(24(30)17-6-4-3-5-7-17)10-11-28(16)22(14-25)23(29)21-12-18-8-9-19(31-2)13-20(18)26-21/h3-9,12-13,16,22,26H,10-11,15H2,1-2H3. The first-order valence-corrected chi connectivity index (χ1v) is 10.2. The fourth-order valence-electron chi connectivity index (χ4n) is 4.10. The second kappa shape index (κ2) is 8.62. The quantitative estimate of drug-likeness (QED) is 0.646. The molecule has 0 aliphatic carbocycles. The number of piperazine rings is 1. The summed E-state index contributed by atoms with van der Waals surface area (Å²) in [5.41, 5.74) is 1.82. The van der Waals surface area contributed by atoms with E-state index in [1.54, 1.807) is 30.2 Å². The van der Waals surface area contributed by atoms with Gasteiger partial charge in [-0.25, -0.2) is 0 Å². The number of ether oxygens (including phenoxy) is 1. The van der Waals surface area contributed by atoms with E-state index in [0.29, 0.717) is 36.6 Å². The van der Waals surface area contributed by atoms with Crippen molar-refractivity contribution in [2.24, 2.45) is 0 Å². The van der Waals surface area contributed by atoms with Crippen molar-refractivity contribution in [3.05, 3.63) is 65.9 Å². The van der Waals surface area contributed by atoms with E-state index in [-0.39, 0.29) is 17.7 Å². The number of nitrogens with one attached hydrogen (secondary N) is 1. The Hall–Kier alpha value is -3.63. The van der Waals surface area contributed by atoms with Crippen molar-refractivity contribution in [1.82, 2.24) is 14.8 Å². The molecular formula is C24H24N4O3. The van der Waals surface area contributed by atoms with Crippen LogP contribution in [0.1, 0.15) is 27.8 Å². The highest BCUT2D eigenvalue weighted by Crippen LogP contribution is 2.24. The molecule has 0 spiro atoms. The van der Waals surface area contributed by atoms with Gasteiger partial charge in [-0.3, -0.25) is 14.5 Å². The molecular weight excluding hydrogens is 392 g/mol. The maximum atomic E-state index is 13.2. The largest absolute Gasteiger partial charge is 0.497 e. The summed E-state index contributed by atoms with van der Waals surface area (Å²) in [6.07, 6.45) is 0. The second-order valence-corrected chi connectivity index (χ2v) is 7.74. The average molecular weight is 416 g/mol. The number of Topliss-reactive ketones (excluding diaryl/α,β-unsaturated/α-hetero) is 1. The van der Waals surface area contributed by atoms with Crippen LogP contribution in [-0.4, -0.2) is 65.3 Å². The lowest BCUT2D eigenvalue weighted by Gasteiger charge is -2.41. The first-order chi connectivity index (χ1) is 15.0. The average Bonchev–Trinajstić information content (AvgIpc) is 3.23. The minimum atomic E-state index is -0.918. The van der Waals surface area contributed by atoms with Gasteiger partial charge in [-0.2, -0.15) is 5.26 Å². The van der Waals surface area contributed by atoms with E-state index in [0.717, 1.165) is 10.9 Å². The normalized spacial score (nSPS) is 17.8. The zero-order chi connectivity index (χ0) is 22.0. The number of rotatable bonds is 5. The van der Waals surface area contributed by atoms with Crippen LogP contribution in [0.15, 0.2) is 54.6 Å². The molecule has 7 heteroatoms. The Morgan fingerprint density at radius 2 is 1.94 bits per heavy atom. The van der Waals surface area contributed by atoms with Crippen LogP contribution in [0.3, 0.4) is 0 Å². The van der Waals surface area contributed by atoms with Crippen LogP contribution >= 0.6 is 0 Å². The molecule has 3 aromatic rings. The van der Waals surface area contributed by atoms with Crippen molar-refractivity contribution in [1.29, 1.82) is 5.26 Å². The topological polar surface area (TPSA) is 89.4 Å². The van der Waals surface area contributed by atoms with Gasteiger partial charge >= 0.3 is 0 Å². The zero-order valence-corrected chi connectivity index (χ0v) is 17.5. The Balaban J connectivity index is 1.50. The molecule has 2 heterocycles. The summed E-state index contributed by atoms with van der Waals surface area (Å²) >= 11 is 0. The van der Waals surface area contributed by atoms with E-state index in [1.807, 2.05) is 48.2 Å². The third-order valence-electron chi connectivity index (χ3n) is 5.78. The molecule has 1 aliphatic heterocycles. The van der Waals surface area contributed by atoms with E-state index >= 15 is 0 Å². The van der Waals surface area contributed by atoms with Gasteiger partial charge in [0, 0.05) is 48.2 Å². The highest BCUT2D eigenvalue weighted by atomic mass is 16.5. The van der Waals surface area contributed by atoms with E-state index in [4.69, 9.17) is 4.74 Å². The van der Waals surface area contributed by atoms with Gasteiger partial charge in [0.05, 0.1) is 18.9 Å². The van der Waals surface area contributed by atoms with Crippen LogP contribution < -0.4 is 4.74 Å². The predicted octanol–water partition coefficient (Wildman–Crippen LogP) is 3.10. The molecule has 158 valence electrons. The number of H-pyrrole nitrogens is 1. The fourth-order valence-corrected chi connectivity index (χ4v) is 4.10. The number of nitriles is 1. The lowest BCUT2D eigenvalue weighted by molar-refractivity contribution is 0.0428. The smallest absolute Gasteiger partial charge is 0.253 e. The molecule has 1 aromatic heterocycles. The molecule has 7 nitrogen and oxygen atoms in total. The number of ketones is 1. The summed E-state index contributed by atoms with van der Waals surface area (Å²) in [5.74, 6) is 0.391. The highest BCUT2D eigenvalue weighted by Gasteiger charge is 2.36. The van der Waals surface area contributed by atoms with E-state index in [9.17, 15) is 14.9 Å². The van der Waals surface area contributed by atoms with Crippen LogP contribution in [0.25, 0.3) is 10.9 Å².